The Labute approximate surface area is 130 Å². The molecule has 21 heavy (non-hydrogen) atoms. The third kappa shape index (κ3) is 2.85. The van der Waals surface area contributed by atoms with Gasteiger partial charge in [-0.3, -0.25) is 0 Å². The van der Waals surface area contributed by atoms with Crippen LogP contribution < -0.4 is 4.74 Å². The molecule has 114 valence electrons. The average Bonchev–Trinajstić information content (AvgIpc) is 2.83. The van der Waals surface area contributed by atoms with Crippen molar-refractivity contribution in [2.24, 2.45) is 0 Å². The number of nitrogens with zero attached hydrogens (tertiary/aromatic N) is 2. The molecule has 2 heterocycles. The van der Waals surface area contributed by atoms with Crippen LogP contribution in [0, 0.1) is 4.77 Å². The van der Waals surface area contributed by atoms with E-state index in [2.05, 4.69) is 27.4 Å². The fraction of sp³-hybridized carbons (Fsp3) is 0.562. The van der Waals surface area contributed by atoms with Crippen LogP contribution in [-0.2, 0) is 0 Å². The van der Waals surface area contributed by atoms with E-state index in [9.17, 15) is 0 Å². The number of benzene rings is 1. The van der Waals surface area contributed by atoms with Gasteiger partial charge in [0.1, 0.15) is 5.75 Å². The second kappa shape index (κ2) is 6.20. The lowest BCUT2D eigenvalue weighted by Crippen LogP contribution is -2.35. The van der Waals surface area contributed by atoms with E-state index in [4.69, 9.17) is 17.0 Å². The van der Waals surface area contributed by atoms with Crippen LogP contribution in [0.1, 0.15) is 32.2 Å². The van der Waals surface area contributed by atoms with Gasteiger partial charge < -0.3 is 19.2 Å². The zero-order valence-corrected chi connectivity index (χ0v) is 13.6. The number of hydrogen-bond donors (Lipinski definition) is 1. The highest BCUT2D eigenvalue weighted by Crippen LogP contribution is 2.29. The van der Waals surface area contributed by atoms with Gasteiger partial charge in [-0.25, -0.2) is 0 Å². The molecule has 1 aliphatic rings. The van der Waals surface area contributed by atoms with Gasteiger partial charge in [-0.05, 0) is 50.2 Å². The largest absolute Gasteiger partial charge is 0.497 e. The van der Waals surface area contributed by atoms with Gasteiger partial charge >= 0.3 is 0 Å². The number of nitrogens with one attached hydrogen (secondary N) is 1. The summed E-state index contributed by atoms with van der Waals surface area (Å²) in [5, 5.41) is 0. The monoisotopic (exact) mass is 305 g/mol. The SMILES string of the molecule is CCCN1CCC(n2c(=S)[nH]c3cc(OC)ccc32)CC1. The summed E-state index contributed by atoms with van der Waals surface area (Å²) >= 11 is 5.55. The molecule has 2 aromatic rings. The number of fused-ring (bicyclic) bond motifs is 1. The van der Waals surface area contributed by atoms with Gasteiger partial charge in [0.15, 0.2) is 4.77 Å². The highest BCUT2D eigenvalue weighted by atomic mass is 32.1. The van der Waals surface area contributed by atoms with Crippen LogP contribution in [-0.4, -0.2) is 41.2 Å². The van der Waals surface area contributed by atoms with Crippen molar-refractivity contribution < 1.29 is 4.74 Å². The fourth-order valence-corrected chi connectivity index (χ4v) is 3.67. The van der Waals surface area contributed by atoms with Crippen LogP contribution in [0.25, 0.3) is 11.0 Å². The van der Waals surface area contributed by atoms with Gasteiger partial charge in [-0.2, -0.15) is 0 Å². The molecule has 1 aliphatic heterocycles. The molecule has 0 saturated carbocycles. The maximum atomic E-state index is 5.55. The number of methoxy groups -OCH3 is 1. The molecule has 0 atom stereocenters. The molecule has 1 aromatic heterocycles. The number of aromatic amines is 1. The highest BCUT2D eigenvalue weighted by molar-refractivity contribution is 7.71. The summed E-state index contributed by atoms with van der Waals surface area (Å²) < 4.78 is 8.41. The predicted octanol–water partition coefficient (Wildman–Crippen LogP) is 3.75. The minimum Gasteiger partial charge on any atom is -0.497 e. The Bertz CT molecular complexity index is 668. The van der Waals surface area contributed by atoms with Crippen LogP contribution in [0.2, 0.25) is 0 Å². The van der Waals surface area contributed by atoms with Crippen molar-refractivity contribution in [3.05, 3.63) is 23.0 Å². The lowest BCUT2D eigenvalue weighted by molar-refractivity contribution is 0.188. The molecule has 0 unspecified atom stereocenters. The topological polar surface area (TPSA) is 33.2 Å². The molecule has 4 nitrogen and oxygen atoms in total. The Hall–Kier alpha value is -1.33. The van der Waals surface area contributed by atoms with Crippen molar-refractivity contribution in [1.29, 1.82) is 0 Å². The zero-order valence-electron chi connectivity index (χ0n) is 12.8. The molecule has 0 amide bonds. The van der Waals surface area contributed by atoms with E-state index >= 15 is 0 Å². The molecular formula is C16H23N3OS. The number of piperidine rings is 1. The van der Waals surface area contributed by atoms with Crippen molar-refractivity contribution in [3.63, 3.8) is 0 Å². The summed E-state index contributed by atoms with van der Waals surface area (Å²) in [5.41, 5.74) is 2.25. The van der Waals surface area contributed by atoms with Crippen LogP contribution in [0.5, 0.6) is 5.75 Å². The first kappa shape index (κ1) is 14.6. The predicted molar refractivity (Wildman–Crippen MR) is 88.7 cm³/mol. The molecule has 3 rings (SSSR count). The van der Waals surface area contributed by atoms with Crippen molar-refractivity contribution in [3.8, 4) is 5.75 Å². The first-order valence-corrected chi connectivity index (χ1v) is 8.14. The summed E-state index contributed by atoms with van der Waals surface area (Å²) in [4.78, 5) is 5.87. The average molecular weight is 305 g/mol. The molecule has 0 bridgehead atoms. The summed E-state index contributed by atoms with van der Waals surface area (Å²) in [7, 11) is 1.69. The van der Waals surface area contributed by atoms with Gasteiger partial charge in [-0.1, -0.05) is 6.92 Å². The zero-order chi connectivity index (χ0) is 14.8. The number of hydrogen-bond acceptors (Lipinski definition) is 3. The normalized spacial score (nSPS) is 17.4. The van der Waals surface area contributed by atoms with Crippen molar-refractivity contribution in [2.45, 2.75) is 32.2 Å². The quantitative estimate of drug-likeness (QED) is 0.873. The Balaban J connectivity index is 1.87. The van der Waals surface area contributed by atoms with Crippen molar-refractivity contribution in [1.82, 2.24) is 14.5 Å². The lowest BCUT2D eigenvalue weighted by Gasteiger charge is -2.32. The van der Waals surface area contributed by atoms with Crippen molar-refractivity contribution >= 4 is 23.3 Å². The van der Waals surface area contributed by atoms with E-state index in [1.54, 1.807) is 7.11 Å². The van der Waals surface area contributed by atoms with E-state index < -0.39 is 0 Å². The van der Waals surface area contributed by atoms with E-state index in [1.165, 1.54) is 44.4 Å². The smallest absolute Gasteiger partial charge is 0.178 e. The summed E-state index contributed by atoms with van der Waals surface area (Å²) in [6, 6.07) is 6.65. The molecule has 1 fully saturated rings. The molecule has 0 aliphatic carbocycles. The maximum Gasteiger partial charge on any atom is 0.178 e. The summed E-state index contributed by atoms with van der Waals surface area (Å²) in [5.74, 6) is 0.865. The lowest BCUT2D eigenvalue weighted by atomic mass is 10.0. The van der Waals surface area contributed by atoms with Gasteiger partial charge in [-0.15, -0.1) is 0 Å². The standard InChI is InChI=1S/C16H23N3OS/c1-3-8-18-9-6-12(7-10-18)19-15-5-4-13(20-2)11-14(15)17-16(19)21/h4-5,11-12H,3,6-10H2,1-2H3,(H,17,21). The third-order valence-corrected chi connectivity index (χ3v) is 4.68. The number of imidazole rings is 1. The Morgan fingerprint density at radius 2 is 2.10 bits per heavy atom. The van der Waals surface area contributed by atoms with Gasteiger partial charge in [0.05, 0.1) is 18.1 Å². The number of H-pyrrole nitrogens is 1. The minimum absolute atomic E-state index is 0.507. The molecule has 1 saturated heterocycles. The Morgan fingerprint density at radius 1 is 1.33 bits per heavy atom. The van der Waals surface area contributed by atoms with E-state index in [1.807, 2.05) is 12.1 Å². The van der Waals surface area contributed by atoms with Crippen LogP contribution in [0.3, 0.4) is 0 Å². The number of rotatable bonds is 4. The summed E-state index contributed by atoms with van der Waals surface area (Å²) in [6.07, 6.45) is 3.58. The van der Waals surface area contributed by atoms with E-state index in [0.717, 1.165) is 16.0 Å². The van der Waals surface area contributed by atoms with Gasteiger partial charge in [0.25, 0.3) is 0 Å². The number of ether oxygens (including phenoxy) is 1. The number of aromatic nitrogens is 2. The van der Waals surface area contributed by atoms with Crippen LogP contribution in [0.4, 0.5) is 0 Å². The number of likely N-dealkylation sites (tertiary alicyclic amines) is 1. The molecule has 1 aromatic carbocycles. The first-order chi connectivity index (χ1) is 10.2. The molecule has 0 spiro atoms. The van der Waals surface area contributed by atoms with E-state index in [0.29, 0.717) is 6.04 Å². The van der Waals surface area contributed by atoms with Gasteiger partial charge in [0.2, 0.25) is 0 Å². The molecule has 5 heteroatoms. The second-order valence-corrected chi connectivity index (χ2v) is 6.14. The Kier molecular flexibility index (Phi) is 4.31. The van der Waals surface area contributed by atoms with Crippen molar-refractivity contribution in [2.75, 3.05) is 26.7 Å². The minimum atomic E-state index is 0.507. The van der Waals surface area contributed by atoms with E-state index in [-0.39, 0.29) is 0 Å². The highest BCUT2D eigenvalue weighted by Gasteiger charge is 2.22. The van der Waals surface area contributed by atoms with Crippen LogP contribution in [0.15, 0.2) is 18.2 Å². The third-order valence-electron chi connectivity index (χ3n) is 4.39. The summed E-state index contributed by atoms with van der Waals surface area (Å²) in [6.45, 7) is 5.80. The second-order valence-electron chi connectivity index (χ2n) is 5.76. The van der Waals surface area contributed by atoms with Gasteiger partial charge in [0, 0.05) is 25.2 Å². The fourth-order valence-electron chi connectivity index (χ4n) is 3.32. The Morgan fingerprint density at radius 3 is 2.76 bits per heavy atom. The first-order valence-electron chi connectivity index (χ1n) is 7.73. The molecule has 1 N–H and O–H groups in total. The molecular weight excluding hydrogens is 282 g/mol. The van der Waals surface area contributed by atoms with Crippen LogP contribution >= 0.6 is 12.2 Å². The molecule has 0 radical (unpaired) electrons. The maximum absolute atomic E-state index is 5.55.